The van der Waals surface area contributed by atoms with Gasteiger partial charge in [0.15, 0.2) is 0 Å². The molecule has 0 bridgehead atoms. The largest absolute Gasteiger partial charge is 0.464 e. The monoisotopic (exact) mass is 632 g/mol. The van der Waals surface area contributed by atoms with Crippen molar-refractivity contribution in [3.05, 3.63) is 96.1 Å². The number of fused-ring (bicyclic) bond motifs is 2. The zero-order valence-electron chi connectivity index (χ0n) is 25.2. The lowest BCUT2D eigenvalue weighted by atomic mass is 10.0. The molecule has 230 valence electrons. The van der Waals surface area contributed by atoms with Gasteiger partial charge in [-0.25, -0.2) is 9.59 Å². The minimum absolute atomic E-state index is 0.146. The number of nitrogens with one attached hydrogen (secondary N) is 2. The molecule has 4 rings (SSSR count). The first-order valence-electron chi connectivity index (χ1n) is 14.3. The molecular weight excluding hydrogens is 597 g/mol. The molecule has 0 aliphatic rings. The number of hydrogen-bond acceptors (Lipinski definition) is 8. The predicted octanol–water partition coefficient (Wildman–Crippen LogP) is 6.18. The molecule has 4 aromatic carbocycles. The average molecular weight is 633 g/mol. The highest BCUT2D eigenvalue weighted by atomic mass is 33.1. The third kappa shape index (κ3) is 7.92. The maximum atomic E-state index is 13.3. The van der Waals surface area contributed by atoms with E-state index >= 15 is 0 Å². The number of ether oxygens (including phenoxy) is 2. The van der Waals surface area contributed by atoms with Crippen LogP contribution >= 0.6 is 21.6 Å². The van der Waals surface area contributed by atoms with Crippen LogP contribution in [0.4, 0.5) is 0 Å². The highest BCUT2D eigenvalue weighted by Gasteiger charge is 2.39. The standard InChI is InChI=1S/C34H36N2O6S2/c1-5-41-31(39)33(3,35-29(37)27-17-15-23-11-7-9-13-25(23)19-27)21-43-44-22-34(4,32(40)42-6-2)36-30(38)28-18-16-24-12-8-10-14-26(24)20-28/h7-20H,5-6,21-22H2,1-4H3,(H,35,37)(H,36,38). The van der Waals surface area contributed by atoms with Crippen molar-refractivity contribution in [3.63, 3.8) is 0 Å². The second kappa shape index (κ2) is 14.6. The van der Waals surface area contributed by atoms with Crippen LogP contribution in [0.3, 0.4) is 0 Å². The number of hydrogen-bond donors (Lipinski definition) is 2. The Morgan fingerprint density at radius 3 is 1.32 bits per heavy atom. The minimum Gasteiger partial charge on any atom is -0.464 e. The van der Waals surface area contributed by atoms with E-state index in [0.717, 1.165) is 21.5 Å². The van der Waals surface area contributed by atoms with Gasteiger partial charge in [-0.05, 0) is 73.5 Å². The Bertz CT molecular complexity index is 1550. The highest BCUT2D eigenvalue weighted by molar-refractivity contribution is 8.76. The lowest BCUT2D eigenvalue weighted by Crippen LogP contribution is -2.55. The summed E-state index contributed by atoms with van der Waals surface area (Å²) >= 11 is 0. The van der Waals surface area contributed by atoms with Crippen LogP contribution in [0.25, 0.3) is 21.5 Å². The molecule has 0 spiro atoms. The molecule has 0 aromatic heterocycles. The lowest BCUT2D eigenvalue weighted by Gasteiger charge is -2.30. The summed E-state index contributed by atoms with van der Waals surface area (Å²) < 4.78 is 10.6. The fourth-order valence-corrected chi connectivity index (χ4v) is 7.43. The van der Waals surface area contributed by atoms with E-state index in [-0.39, 0.29) is 24.7 Å². The first-order valence-corrected chi connectivity index (χ1v) is 16.8. The van der Waals surface area contributed by atoms with Crippen LogP contribution < -0.4 is 10.6 Å². The maximum Gasteiger partial charge on any atom is 0.332 e. The zero-order chi connectivity index (χ0) is 31.7. The number of benzene rings is 4. The van der Waals surface area contributed by atoms with Gasteiger partial charge in [-0.2, -0.15) is 0 Å². The summed E-state index contributed by atoms with van der Waals surface area (Å²) in [4.78, 5) is 52.6. The van der Waals surface area contributed by atoms with Crippen LogP contribution in [0.2, 0.25) is 0 Å². The van der Waals surface area contributed by atoms with E-state index in [0.29, 0.717) is 11.1 Å². The fraction of sp³-hybridized carbons (Fsp3) is 0.294. The number of esters is 2. The molecule has 0 saturated carbocycles. The summed E-state index contributed by atoms with van der Waals surface area (Å²) in [7, 11) is 2.57. The molecule has 0 saturated heterocycles. The molecule has 0 radical (unpaired) electrons. The van der Waals surface area contributed by atoms with E-state index in [2.05, 4.69) is 10.6 Å². The van der Waals surface area contributed by atoms with Gasteiger partial charge in [-0.15, -0.1) is 0 Å². The molecule has 0 aliphatic heterocycles. The van der Waals surface area contributed by atoms with E-state index in [1.165, 1.54) is 21.6 Å². The minimum atomic E-state index is -1.36. The molecule has 2 N–H and O–H groups in total. The van der Waals surface area contributed by atoms with Crippen molar-refractivity contribution in [2.75, 3.05) is 24.7 Å². The van der Waals surface area contributed by atoms with Gasteiger partial charge in [-0.3, -0.25) is 9.59 Å². The predicted molar refractivity (Wildman–Crippen MR) is 178 cm³/mol. The van der Waals surface area contributed by atoms with Gasteiger partial charge < -0.3 is 20.1 Å². The summed E-state index contributed by atoms with van der Waals surface area (Å²) in [5.74, 6) is -1.66. The van der Waals surface area contributed by atoms with Crippen molar-refractivity contribution in [1.29, 1.82) is 0 Å². The van der Waals surface area contributed by atoms with Crippen LogP contribution in [-0.4, -0.2) is 59.6 Å². The van der Waals surface area contributed by atoms with Crippen LogP contribution in [0.1, 0.15) is 48.4 Å². The summed E-state index contributed by atoms with van der Waals surface area (Å²) in [5, 5.41) is 9.54. The summed E-state index contributed by atoms with van der Waals surface area (Å²) in [6.45, 7) is 6.94. The Morgan fingerprint density at radius 1 is 0.591 bits per heavy atom. The topological polar surface area (TPSA) is 111 Å². The van der Waals surface area contributed by atoms with Crippen LogP contribution in [0, 0.1) is 0 Å². The molecule has 0 fully saturated rings. The van der Waals surface area contributed by atoms with Gasteiger partial charge in [0.1, 0.15) is 11.1 Å². The SMILES string of the molecule is CCOC(=O)C(C)(CSSCC(C)(NC(=O)c1ccc2ccccc2c1)C(=O)OCC)NC(=O)c1ccc2ccccc2c1. The molecule has 0 aliphatic carbocycles. The van der Waals surface area contributed by atoms with Gasteiger partial charge in [-0.1, -0.05) is 82.3 Å². The summed E-state index contributed by atoms with van der Waals surface area (Å²) in [6, 6.07) is 26.1. The zero-order valence-corrected chi connectivity index (χ0v) is 26.8. The lowest BCUT2D eigenvalue weighted by molar-refractivity contribution is -0.149. The Balaban J connectivity index is 1.45. The quantitative estimate of drug-likeness (QED) is 0.102. The molecule has 8 nitrogen and oxygen atoms in total. The van der Waals surface area contributed by atoms with Crippen LogP contribution in [-0.2, 0) is 19.1 Å². The number of amides is 2. The molecule has 10 heteroatoms. The summed E-state index contributed by atoms with van der Waals surface area (Å²) in [5.41, 5.74) is -1.87. The van der Waals surface area contributed by atoms with Crippen molar-refractivity contribution < 1.29 is 28.7 Å². The van der Waals surface area contributed by atoms with Gasteiger partial charge in [0.25, 0.3) is 11.8 Å². The molecule has 2 atom stereocenters. The second-order valence-electron chi connectivity index (χ2n) is 10.7. The summed E-state index contributed by atoms with van der Waals surface area (Å²) in [6.07, 6.45) is 0. The second-order valence-corrected chi connectivity index (χ2v) is 13.1. The van der Waals surface area contributed by atoms with Crippen molar-refractivity contribution >= 4 is 66.9 Å². The Labute approximate surface area is 265 Å². The molecule has 4 aromatic rings. The van der Waals surface area contributed by atoms with E-state index in [1.807, 2.05) is 60.7 Å². The van der Waals surface area contributed by atoms with Gasteiger partial charge in [0.05, 0.1) is 13.2 Å². The Hall–Kier alpha value is -4.02. The average Bonchev–Trinajstić information content (AvgIpc) is 3.02. The normalized spacial score (nSPS) is 13.8. The molecule has 2 amide bonds. The van der Waals surface area contributed by atoms with Gasteiger partial charge in [0, 0.05) is 22.6 Å². The number of rotatable bonds is 13. The van der Waals surface area contributed by atoms with E-state index in [9.17, 15) is 19.2 Å². The molecule has 2 unspecified atom stereocenters. The first-order chi connectivity index (χ1) is 21.1. The maximum absolute atomic E-state index is 13.3. The third-order valence-electron chi connectivity index (χ3n) is 7.03. The third-order valence-corrected chi connectivity index (χ3v) is 9.80. The molecular formula is C34H36N2O6S2. The van der Waals surface area contributed by atoms with Crippen molar-refractivity contribution in [2.45, 2.75) is 38.8 Å². The van der Waals surface area contributed by atoms with Crippen LogP contribution in [0.15, 0.2) is 84.9 Å². The number of carbonyl (C=O) groups is 4. The van der Waals surface area contributed by atoms with Crippen molar-refractivity contribution in [1.82, 2.24) is 10.6 Å². The fourth-order valence-electron chi connectivity index (χ4n) is 4.50. The molecule has 44 heavy (non-hydrogen) atoms. The Morgan fingerprint density at radius 2 is 0.955 bits per heavy atom. The van der Waals surface area contributed by atoms with E-state index in [4.69, 9.17) is 9.47 Å². The number of carbonyl (C=O) groups excluding carboxylic acids is 4. The first kappa shape index (κ1) is 32.9. The highest BCUT2D eigenvalue weighted by Crippen LogP contribution is 2.31. The van der Waals surface area contributed by atoms with Crippen molar-refractivity contribution in [3.8, 4) is 0 Å². The van der Waals surface area contributed by atoms with E-state index in [1.54, 1.807) is 52.0 Å². The van der Waals surface area contributed by atoms with Crippen molar-refractivity contribution in [2.24, 2.45) is 0 Å². The van der Waals surface area contributed by atoms with Gasteiger partial charge >= 0.3 is 11.9 Å². The van der Waals surface area contributed by atoms with Crippen LogP contribution in [0.5, 0.6) is 0 Å². The van der Waals surface area contributed by atoms with Gasteiger partial charge in [0.2, 0.25) is 0 Å². The van der Waals surface area contributed by atoms with E-state index < -0.39 is 34.8 Å². The molecule has 0 heterocycles. The smallest absolute Gasteiger partial charge is 0.332 e. The Kier molecular flexibility index (Phi) is 10.9.